The van der Waals surface area contributed by atoms with Gasteiger partial charge in [-0.2, -0.15) is 5.10 Å². The standard InChI is InChI=1S/C21H18N4OS/c1-13-8-10-15(11-9-13)17-12-18(27-16-6-4-3-5-7-16)24-25-14(2)19(20(22)26)23-21(17)25/h3-12H,1-2H3,(H2,22,26). The van der Waals surface area contributed by atoms with Crippen LogP contribution in [0.1, 0.15) is 21.7 Å². The highest BCUT2D eigenvalue weighted by Gasteiger charge is 2.19. The fraction of sp³-hybridized carbons (Fsp3) is 0.0952. The van der Waals surface area contributed by atoms with Crippen molar-refractivity contribution in [2.24, 2.45) is 5.73 Å². The lowest BCUT2D eigenvalue weighted by Gasteiger charge is -2.08. The normalized spacial score (nSPS) is 11.0. The second-order valence-corrected chi connectivity index (χ2v) is 7.42. The third-order valence-electron chi connectivity index (χ3n) is 4.35. The van der Waals surface area contributed by atoms with Crippen molar-refractivity contribution < 1.29 is 4.79 Å². The van der Waals surface area contributed by atoms with Gasteiger partial charge in [-0.3, -0.25) is 4.79 Å². The SMILES string of the molecule is Cc1ccc(-c2cc(Sc3ccccc3)nn3c(C)c(C(N)=O)nc23)cc1. The zero-order valence-corrected chi connectivity index (χ0v) is 15.8. The highest BCUT2D eigenvalue weighted by Crippen LogP contribution is 2.32. The number of imidazole rings is 1. The van der Waals surface area contributed by atoms with E-state index in [0.29, 0.717) is 11.3 Å². The number of rotatable bonds is 4. The van der Waals surface area contributed by atoms with Gasteiger partial charge in [-0.05, 0) is 37.6 Å². The maximum atomic E-state index is 11.8. The molecule has 2 heterocycles. The van der Waals surface area contributed by atoms with Crippen LogP contribution in [0.25, 0.3) is 16.8 Å². The first-order valence-corrected chi connectivity index (χ1v) is 9.34. The minimum absolute atomic E-state index is 0.248. The summed E-state index contributed by atoms with van der Waals surface area (Å²) in [6.07, 6.45) is 0. The second kappa shape index (κ2) is 6.89. The van der Waals surface area contributed by atoms with Gasteiger partial charge >= 0.3 is 0 Å². The molecule has 5 nitrogen and oxygen atoms in total. The lowest BCUT2D eigenvalue weighted by atomic mass is 10.1. The number of amides is 1. The summed E-state index contributed by atoms with van der Waals surface area (Å²) in [5.41, 5.74) is 10.1. The Morgan fingerprint density at radius 1 is 1.04 bits per heavy atom. The number of nitrogens with zero attached hydrogens (tertiary/aromatic N) is 3. The molecule has 6 heteroatoms. The van der Waals surface area contributed by atoms with E-state index in [2.05, 4.69) is 34.3 Å². The fourth-order valence-electron chi connectivity index (χ4n) is 2.94. The Morgan fingerprint density at radius 3 is 2.41 bits per heavy atom. The van der Waals surface area contributed by atoms with Crippen LogP contribution in [-0.2, 0) is 0 Å². The molecule has 0 bridgehead atoms. The van der Waals surface area contributed by atoms with Gasteiger partial charge in [0.1, 0.15) is 5.03 Å². The Balaban J connectivity index is 1.94. The summed E-state index contributed by atoms with van der Waals surface area (Å²) < 4.78 is 1.71. The van der Waals surface area contributed by atoms with Gasteiger partial charge in [0, 0.05) is 10.5 Å². The van der Waals surface area contributed by atoms with Gasteiger partial charge in [-0.25, -0.2) is 9.50 Å². The van der Waals surface area contributed by atoms with Crippen molar-refractivity contribution in [2.45, 2.75) is 23.8 Å². The van der Waals surface area contributed by atoms with Crippen molar-refractivity contribution in [3.05, 3.63) is 77.6 Å². The summed E-state index contributed by atoms with van der Waals surface area (Å²) in [6, 6.07) is 20.3. The molecule has 1 amide bonds. The van der Waals surface area contributed by atoms with Gasteiger partial charge in [-0.15, -0.1) is 0 Å². The van der Waals surface area contributed by atoms with Gasteiger partial charge in [0.2, 0.25) is 0 Å². The number of hydrogen-bond donors (Lipinski definition) is 1. The zero-order valence-electron chi connectivity index (χ0n) is 15.0. The summed E-state index contributed by atoms with van der Waals surface area (Å²) in [5, 5.41) is 5.51. The molecule has 0 unspecified atom stereocenters. The van der Waals surface area contributed by atoms with Gasteiger partial charge in [-0.1, -0.05) is 59.8 Å². The lowest BCUT2D eigenvalue weighted by molar-refractivity contribution is 0.0995. The number of hydrogen-bond acceptors (Lipinski definition) is 4. The number of nitrogens with two attached hydrogens (primary N) is 1. The van der Waals surface area contributed by atoms with Crippen molar-refractivity contribution in [3.8, 4) is 11.1 Å². The van der Waals surface area contributed by atoms with Gasteiger partial charge < -0.3 is 5.73 Å². The largest absolute Gasteiger partial charge is 0.364 e. The van der Waals surface area contributed by atoms with E-state index in [4.69, 9.17) is 5.73 Å². The van der Waals surface area contributed by atoms with Crippen LogP contribution in [-0.4, -0.2) is 20.5 Å². The number of primary amides is 1. The number of fused-ring (bicyclic) bond motifs is 1. The van der Waals surface area contributed by atoms with Crippen molar-refractivity contribution >= 4 is 23.3 Å². The maximum absolute atomic E-state index is 11.8. The van der Waals surface area contributed by atoms with E-state index in [1.807, 2.05) is 50.2 Å². The van der Waals surface area contributed by atoms with Crippen LogP contribution >= 0.6 is 11.8 Å². The third-order valence-corrected chi connectivity index (χ3v) is 5.26. The molecular weight excluding hydrogens is 356 g/mol. The number of benzene rings is 2. The predicted molar refractivity (Wildman–Crippen MR) is 107 cm³/mol. The van der Waals surface area contributed by atoms with E-state index in [9.17, 15) is 4.79 Å². The first kappa shape index (κ1) is 17.3. The molecule has 2 aromatic carbocycles. The van der Waals surface area contributed by atoms with Gasteiger partial charge in [0.05, 0.1) is 5.69 Å². The van der Waals surface area contributed by atoms with E-state index in [0.717, 1.165) is 21.0 Å². The molecular formula is C21H18N4OS. The third kappa shape index (κ3) is 3.31. The monoisotopic (exact) mass is 374 g/mol. The number of aromatic nitrogens is 3. The van der Waals surface area contributed by atoms with Crippen molar-refractivity contribution in [2.75, 3.05) is 0 Å². The molecule has 0 aliphatic rings. The lowest BCUT2D eigenvalue weighted by Crippen LogP contribution is -2.13. The molecule has 4 rings (SSSR count). The number of carbonyl (C=O) groups excluding carboxylic acids is 1. The fourth-order valence-corrected chi connectivity index (χ4v) is 3.78. The summed E-state index contributed by atoms with van der Waals surface area (Å²) in [4.78, 5) is 17.3. The topological polar surface area (TPSA) is 73.3 Å². The molecule has 0 aliphatic carbocycles. The van der Waals surface area contributed by atoms with Crippen LogP contribution in [0.2, 0.25) is 0 Å². The van der Waals surface area contributed by atoms with Crippen LogP contribution in [0.3, 0.4) is 0 Å². The molecule has 134 valence electrons. The van der Waals surface area contributed by atoms with Gasteiger partial charge in [0.25, 0.3) is 5.91 Å². The summed E-state index contributed by atoms with van der Waals surface area (Å²) in [7, 11) is 0. The summed E-state index contributed by atoms with van der Waals surface area (Å²) in [6.45, 7) is 3.86. The number of carbonyl (C=O) groups is 1. The minimum atomic E-state index is -0.551. The maximum Gasteiger partial charge on any atom is 0.269 e. The molecule has 2 N–H and O–H groups in total. The molecule has 0 atom stereocenters. The Hall–Kier alpha value is -3.12. The Morgan fingerprint density at radius 2 is 1.74 bits per heavy atom. The van der Waals surface area contributed by atoms with Crippen molar-refractivity contribution in [1.82, 2.24) is 14.6 Å². The van der Waals surface area contributed by atoms with E-state index >= 15 is 0 Å². The zero-order chi connectivity index (χ0) is 19.0. The van der Waals surface area contributed by atoms with Crippen molar-refractivity contribution in [1.29, 1.82) is 0 Å². The Bertz CT molecular complexity index is 1130. The molecule has 2 aromatic heterocycles. The van der Waals surface area contributed by atoms with Crippen LogP contribution in [0, 0.1) is 13.8 Å². The highest BCUT2D eigenvalue weighted by molar-refractivity contribution is 7.99. The molecule has 0 fully saturated rings. The molecule has 27 heavy (non-hydrogen) atoms. The molecule has 0 spiro atoms. The smallest absolute Gasteiger partial charge is 0.269 e. The second-order valence-electron chi connectivity index (χ2n) is 6.32. The molecule has 4 aromatic rings. The van der Waals surface area contributed by atoms with E-state index < -0.39 is 5.91 Å². The van der Waals surface area contributed by atoms with Crippen LogP contribution in [0.4, 0.5) is 0 Å². The van der Waals surface area contributed by atoms with E-state index in [-0.39, 0.29) is 5.69 Å². The Labute approximate surface area is 161 Å². The van der Waals surface area contributed by atoms with Gasteiger partial charge in [0.15, 0.2) is 11.3 Å². The molecule has 0 saturated carbocycles. The first-order chi connectivity index (χ1) is 13.0. The highest BCUT2D eigenvalue weighted by atomic mass is 32.2. The van der Waals surface area contributed by atoms with Crippen molar-refractivity contribution in [3.63, 3.8) is 0 Å². The minimum Gasteiger partial charge on any atom is -0.364 e. The Kier molecular flexibility index (Phi) is 4.41. The molecule has 0 radical (unpaired) electrons. The average Bonchev–Trinajstić information content (AvgIpc) is 3.00. The summed E-state index contributed by atoms with van der Waals surface area (Å²) in [5.74, 6) is -0.551. The van der Waals surface area contributed by atoms with Crippen LogP contribution in [0.15, 0.2) is 70.6 Å². The van der Waals surface area contributed by atoms with Crippen LogP contribution in [0.5, 0.6) is 0 Å². The first-order valence-electron chi connectivity index (χ1n) is 8.53. The quantitative estimate of drug-likeness (QED) is 0.579. The average molecular weight is 374 g/mol. The van der Waals surface area contributed by atoms with E-state index in [1.54, 1.807) is 16.3 Å². The van der Waals surface area contributed by atoms with Crippen LogP contribution < -0.4 is 5.73 Å². The van der Waals surface area contributed by atoms with E-state index in [1.165, 1.54) is 5.56 Å². The predicted octanol–water partition coefficient (Wildman–Crippen LogP) is 4.26. The molecule has 0 aliphatic heterocycles. The summed E-state index contributed by atoms with van der Waals surface area (Å²) >= 11 is 1.56. The molecule has 0 saturated heterocycles. The number of aryl methyl sites for hydroxylation is 2.